The Morgan fingerprint density at radius 3 is 2.18 bits per heavy atom. The second-order valence-electron chi connectivity index (χ2n) is 7.81. The van der Waals surface area contributed by atoms with Gasteiger partial charge in [-0.25, -0.2) is 4.98 Å². The van der Waals surface area contributed by atoms with E-state index in [2.05, 4.69) is 18.2 Å². The molecule has 1 aromatic heterocycles. The number of carbonyl (C=O) groups is 2. The lowest BCUT2D eigenvalue weighted by molar-refractivity contribution is -0.140. The number of anilines is 1. The van der Waals surface area contributed by atoms with Crippen LogP contribution in [0.5, 0.6) is 0 Å². The van der Waals surface area contributed by atoms with Crippen LogP contribution in [0.25, 0.3) is 22.4 Å². The Kier molecular flexibility index (Phi) is 6.95. The molecule has 3 aromatic carbocycles. The number of aromatic nitrogens is 1. The molecule has 0 aliphatic rings. The number of nitrogens with zero attached hydrogens (tertiary/aromatic N) is 2. The zero-order chi connectivity index (χ0) is 23.2. The number of aliphatic carboxylic acids is 1. The summed E-state index contributed by atoms with van der Waals surface area (Å²) in [4.78, 5) is 30.9. The summed E-state index contributed by atoms with van der Waals surface area (Å²) >= 11 is 1.37. The summed E-state index contributed by atoms with van der Waals surface area (Å²) in [7, 11) is 1.66. The Hall–Kier alpha value is -3.77. The first-order chi connectivity index (χ1) is 16.0. The van der Waals surface area contributed by atoms with Crippen molar-refractivity contribution in [3.63, 3.8) is 0 Å². The average molecular weight is 457 g/mol. The van der Waals surface area contributed by atoms with E-state index in [4.69, 9.17) is 4.98 Å². The normalized spacial score (nSPS) is 11.7. The van der Waals surface area contributed by atoms with Gasteiger partial charge >= 0.3 is 5.97 Å². The number of carbonyl (C=O) groups excluding carboxylic acids is 1. The summed E-state index contributed by atoms with van der Waals surface area (Å²) in [6, 6.07) is 27.6. The van der Waals surface area contributed by atoms with Crippen LogP contribution in [0.15, 0.2) is 90.3 Å². The highest BCUT2D eigenvalue weighted by Gasteiger charge is 2.27. The van der Waals surface area contributed by atoms with Crippen LogP contribution < -0.4 is 4.90 Å². The third-order valence-electron chi connectivity index (χ3n) is 5.49. The van der Waals surface area contributed by atoms with Gasteiger partial charge in [0.15, 0.2) is 5.13 Å². The molecule has 0 aliphatic carbocycles. The molecule has 4 aromatic rings. The molecule has 0 saturated carbocycles. The smallest absolute Gasteiger partial charge is 0.304 e. The third kappa shape index (κ3) is 5.35. The van der Waals surface area contributed by atoms with Crippen molar-refractivity contribution < 1.29 is 14.7 Å². The van der Waals surface area contributed by atoms with Crippen LogP contribution in [0.2, 0.25) is 0 Å². The van der Waals surface area contributed by atoms with Gasteiger partial charge in [0.25, 0.3) is 0 Å². The summed E-state index contributed by atoms with van der Waals surface area (Å²) in [5.41, 5.74) is 4.86. The summed E-state index contributed by atoms with van der Waals surface area (Å²) in [6.07, 6.45) is 0.137. The van der Waals surface area contributed by atoms with Gasteiger partial charge in [-0.05, 0) is 23.1 Å². The minimum absolute atomic E-state index is 0.229. The monoisotopic (exact) mass is 456 g/mol. The van der Waals surface area contributed by atoms with E-state index in [1.165, 1.54) is 16.2 Å². The number of rotatable bonds is 8. The third-order valence-corrected chi connectivity index (χ3v) is 6.41. The lowest BCUT2D eigenvalue weighted by atomic mass is 9.95. The van der Waals surface area contributed by atoms with Crippen molar-refractivity contribution in [1.29, 1.82) is 0 Å². The Bertz CT molecular complexity index is 1240. The van der Waals surface area contributed by atoms with Gasteiger partial charge in [0, 0.05) is 18.0 Å². The first-order valence-electron chi connectivity index (χ1n) is 10.7. The molecule has 4 rings (SSSR count). The molecule has 6 heteroatoms. The second kappa shape index (κ2) is 10.2. The van der Waals surface area contributed by atoms with E-state index in [0.717, 1.165) is 27.9 Å². The summed E-state index contributed by atoms with van der Waals surface area (Å²) in [6.45, 7) is 0. The fourth-order valence-corrected chi connectivity index (χ4v) is 4.64. The standard InChI is InChI=1S/C27H24N2O3S/c1-29(26(32)21(17-25(30)31)16-19-10-4-2-5-11-19)27-28-24(18-33-27)23-15-9-8-14-22(23)20-12-6-3-7-13-20/h2-15,18,21H,16-17H2,1H3,(H,30,31)/t21-/m1/s1. The molecular formula is C27H24N2O3S. The van der Waals surface area contributed by atoms with Crippen molar-refractivity contribution in [2.45, 2.75) is 12.8 Å². The number of carboxylic acid groups (broad SMARTS) is 1. The number of thiazole rings is 1. The predicted octanol–water partition coefficient (Wildman–Crippen LogP) is 5.77. The van der Waals surface area contributed by atoms with E-state index >= 15 is 0 Å². The lowest BCUT2D eigenvalue weighted by Gasteiger charge is -2.21. The molecular weight excluding hydrogens is 432 g/mol. The highest BCUT2D eigenvalue weighted by Crippen LogP contribution is 2.34. The molecule has 33 heavy (non-hydrogen) atoms. The molecule has 0 unspecified atom stereocenters. The Labute approximate surface area is 197 Å². The van der Waals surface area contributed by atoms with E-state index < -0.39 is 11.9 Å². The lowest BCUT2D eigenvalue weighted by Crippen LogP contribution is -2.35. The van der Waals surface area contributed by atoms with Gasteiger partial charge in [-0.15, -0.1) is 11.3 Å². The molecule has 5 nitrogen and oxygen atoms in total. The van der Waals surface area contributed by atoms with Gasteiger partial charge in [0.2, 0.25) is 5.91 Å². The largest absolute Gasteiger partial charge is 0.481 e. The molecule has 1 heterocycles. The van der Waals surface area contributed by atoms with Crippen LogP contribution in [0.3, 0.4) is 0 Å². The van der Waals surface area contributed by atoms with E-state index in [1.807, 2.05) is 72.1 Å². The minimum Gasteiger partial charge on any atom is -0.481 e. The van der Waals surface area contributed by atoms with Crippen LogP contribution in [-0.4, -0.2) is 29.0 Å². The van der Waals surface area contributed by atoms with E-state index in [0.29, 0.717) is 11.6 Å². The van der Waals surface area contributed by atoms with Crippen molar-refractivity contribution in [1.82, 2.24) is 4.98 Å². The maximum atomic E-state index is 13.2. The summed E-state index contributed by atoms with van der Waals surface area (Å²) < 4.78 is 0. The first kappa shape index (κ1) is 22.4. The maximum absolute atomic E-state index is 13.2. The van der Waals surface area contributed by atoms with Crippen molar-refractivity contribution >= 4 is 28.3 Å². The maximum Gasteiger partial charge on any atom is 0.304 e. The predicted molar refractivity (Wildman–Crippen MR) is 132 cm³/mol. The van der Waals surface area contributed by atoms with E-state index in [-0.39, 0.29) is 12.3 Å². The number of hydrogen-bond donors (Lipinski definition) is 1. The number of hydrogen-bond acceptors (Lipinski definition) is 4. The molecule has 166 valence electrons. The molecule has 0 spiro atoms. The van der Waals surface area contributed by atoms with E-state index in [9.17, 15) is 14.7 Å². The van der Waals surface area contributed by atoms with Gasteiger partial charge in [0.1, 0.15) is 0 Å². The molecule has 0 fully saturated rings. The van der Waals surface area contributed by atoms with Gasteiger partial charge < -0.3 is 5.11 Å². The second-order valence-corrected chi connectivity index (χ2v) is 8.65. The van der Waals surface area contributed by atoms with Crippen molar-refractivity contribution in [3.05, 3.63) is 95.9 Å². The fraction of sp³-hybridized carbons (Fsp3) is 0.148. The topological polar surface area (TPSA) is 70.5 Å². The van der Waals surface area contributed by atoms with Gasteiger partial charge in [-0.3, -0.25) is 14.5 Å². The molecule has 1 atom stereocenters. The first-order valence-corrected chi connectivity index (χ1v) is 11.5. The van der Waals surface area contributed by atoms with Crippen LogP contribution >= 0.6 is 11.3 Å². The molecule has 0 aliphatic heterocycles. The molecule has 1 N–H and O–H groups in total. The van der Waals surface area contributed by atoms with Crippen molar-refractivity contribution in [2.75, 3.05) is 11.9 Å². The van der Waals surface area contributed by atoms with Gasteiger partial charge in [-0.2, -0.15) is 0 Å². The quantitative estimate of drug-likeness (QED) is 0.365. The Morgan fingerprint density at radius 1 is 0.909 bits per heavy atom. The number of amides is 1. The molecule has 1 amide bonds. The molecule has 0 bridgehead atoms. The fourth-order valence-electron chi connectivity index (χ4n) is 3.84. The highest BCUT2D eigenvalue weighted by molar-refractivity contribution is 7.14. The summed E-state index contributed by atoms with van der Waals surface area (Å²) in [5.74, 6) is -1.91. The van der Waals surface area contributed by atoms with Gasteiger partial charge in [-0.1, -0.05) is 84.9 Å². The summed E-state index contributed by atoms with van der Waals surface area (Å²) in [5, 5.41) is 11.8. The highest BCUT2D eigenvalue weighted by atomic mass is 32.1. The number of benzene rings is 3. The average Bonchev–Trinajstić information content (AvgIpc) is 3.34. The minimum atomic E-state index is -0.991. The van der Waals surface area contributed by atoms with Crippen molar-refractivity contribution in [3.8, 4) is 22.4 Å². The van der Waals surface area contributed by atoms with Crippen molar-refractivity contribution in [2.24, 2.45) is 5.92 Å². The zero-order valence-electron chi connectivity index (χ0n) is 18.2. The molecule has 0 radical (unpaired) electrons. The zero-order valence-corrected chi connectivity index (χ0v) is 19.0. The van der Waals surface area contributed by atoms with E-state index in [1.54, 1.807) is 7.05 Å². The van der Waals surface area contributed by atoms with Crippen LogP contribution in [0.4, 0.5) is 5.13 Å². The van der Waals surface area contributed by atoms with Gasteiger partial charge in [0.05, 0.1) is 18.0 Å². The SMILES string of the molecule is CN(C(=O)[C@@H](CC(=O)O)Cc1ccccc1)c1nc(-c2ccccc2-c2ccccc2)cs1. The van der Waals surface area contributed by atoms with Crippen LogP contribution in [-0.2, 0) is 16.0 Å². The molecule has 0 saturated heterocycles. The Balaban J connectivity index is 1.59. The number of carboxylic acids is 1. The van der Waals surface area contributed by atoms with Crippen LogP contribution in [0, 0.1) is 5.92 Å². The van der Waals surface area contributed by atoms with Crippen LogP contribution in [0.1, 0.15) is 12.0 Å². The Morgan fingerprint density at radius 2 is 1.52 bits per heavy atom.